The van der Waals surface area contributed by atoms with Crippen LogP contribution in [0.3, 0.4) is 0 Å². The first-order valence-electron chi connectivity index (χ1n) is 15.7. The second kappa shape index (κ2) is 15.1. The zero-order chi connectivity index (χ0) is 35.2. The van der Waals surface area contributed by atoms with Crippen LogP contribution in [0.25, 0.3) is 11.4 Å². The zero-order valence-corrected chi connectivity index (χ0v) is 27.7. The number of rotatable bonds is 14. The van der Waals surface area contributed by atoms with Gasteiger partial charge in [0.2, 0.25) is 0 Å². The minimum absolute atomic E-state index is 0.0857. The lowest BCUT2D eigenvalue weighted by Gasteiger charge is -2.18. The first-order chi connectivity index (χ1) is 24.3. The van der Waals surface area contributed by atoms with E-state index in [0.717, 1.165) is 23.3 Å². The average molecular weight is 684 g/mol. The molecule has 0 spiro atoms. The van der Waals surface area contributed by atoms with Crippen molar-refractivity contribution in [1.82, 2.24) is 14.9 Å². The number of hydrogen-bond acceptors (Lipinski definition) is 10. The minimum atomic E-state index is -0.822. The van der Waals surface area contributed by atoms with Crippen molar-refractivity contribution in [2.45, 2.75) is 19.6 Å². The molecule has 258 valence electrons. The van der Waals surface area contributed by atoms with Gasteiger partial charge in [0.15, 0.2) is 5.82 Å². The van der Waals surface area contributed by atoms with E-state index in [1.807, 2.05) is 18.2 Å². The quantitative estimate of drug-likeness (QED) is 0.129. The van der Waals surface area contributed by atoms with Gasteiger partial charge in [-0.25, -0.2) is 18.7 Å². The van der Waals surface area contributed by atoms with E-state index in [1.165, 1.54) is 13.2 Å². The van der Waals surface area contributed by atoms with Crippen LogP contribution in [0.1, 0.15) is 27.2 Å². The fourth-order valence-electron chi connectivity index (χ4n) is 5.56. The molecule has 0 saturated carbocycles. The van der Waals surface area contributed by atoms with Crippen molar-refractivity contribution in [3.63, 3.8) is 0 Å². The van der Waals surface area contributed by atoms with Crippen LogP contribution < -0.4 is 34.7 Å². The first-order valence-corrected chi connectivity index (χ1v) is 15.7. The van der Waals surface area contributed by atoms with Gasteiger partial charge >= 0.3 is 0 Å². The van der Waals surface area contributed by atoms with Gasteiger partial charge in [-0.3, -0.25) is 4.79 Å². The Balaban J connectivity index is 1.20. The number of hydrogen-bond donors (Lipinski definition) is 2. The number of halogens is 2. The normalized spacial score (nSPS) is 12.0. The van der Waals surface area contributed by atoms with Crippen LogP contribution in [-0.2, 0) is 19.6 Å². The third-order valence-corrected chi connectivity index (χ3v) is 8.08. The van der Waals surface area contributed by atoms with Gasteiger partial charge in [-0.05, 0) is 54.6 Å². The summed E-state index contributed by atoms with van der Waals surface area (Å²) < 4.78 is 57.6. The van der Waals surface area contributed by atoms with Crippen LogP contribution in [-0.4, -0.2) is 55.3 Å². The van der Waals surface area contributed by atoms with Crippen LogP contribution >= 0.6 is 0 Å². The molecule has 0 fully saturated rings. The number of methoxy groups -OCH3 is 3. The van der Waals surface area contributed by atoms with Crippen LogP contribution in [0, 0.1) is 11.6 Å². The van der Waals surface area contributed by atoms with Crippen molar-refractivity contribution in [2.75, 3.05) is 39.9 Å². The molecule has 11 nitrogen and oxygen atoms in total. The van der Waals surface area contributed by atoms with Gasteiger partial charge in [0, 0.05) is 35.5 Å². The largest absolute Gasteiger partial charge is 0.497 e. The second-order valence-corrected chi connectivity index (χ2v) is 11.2. The lowest BCUT2D eigenvalue weighted by atomic mass is 10.1. The molecular weight excluding hydrogens is 648 g/mol. The molecule has 5 aromatic rings. The summed E-state index contributed by atoms with van der Waals surface area (Å²) in [6.45, 7) is 1.19. The Hall–Kier alpha value is -5.95. The molecule has 1 aliphatic heterocycles. The highest BCUT2D eigenvalue weighted by Gasteiger charge is 2.34. The number of nitrogens with two attached hydrogens (primary N) is 1. The average Bonchev–Trinajstić information content (AvgIpc) is 3.45. The molecule has 6 rings (SSSR count). The number of benzene rings is 4. The summed E-state index contributed by atoms with van der Waals surface area (Å²) in [5.74, 6) is 0.941. The molecule has 3 N–H and O–H groups in total. The maximum absolute atomic E-state index is 14.9. The monoisotopic (exact) mass is 683 g/mol. The van der Waals surface area contributed by atoms with E-state index in [-0.39, 0.29) is 55.0 Å². The number of anilines is 2. The Morgan fingerprint density at radius 3 is 2.06 bits per heavy atom. The van der Waals surface area contributed by atoms with E-state index in [4.69, 9.17) is 29.4 Å². The van der Waals surface area contributed by atoms with E-state index < -0.39 is 11.6 Å². The van der Waals surface area contributed by atoms with Crippen LogP contribution in [0.5, 0.6) is 28.7 Å². The first kappa shape index (κ1) is 33.9. The van der Waals surface area contributed by atoms with Crippen molar-refractivity contribution in [3.05, 3.63) is 113 Å². The summed E-state index contributed by atoms with van der Waals surface area (Å²) >= 11 is 0. The maximum Gasteiger partial charge on any atom is 0.260 e. The molecule has 0 atom stereocenters. The van der Waals surface area contributed by atoms with Crippen molar-refractivity contribution >= 4 is 17.4 Å². The zero-order valence-electron chi connectivity index (χ0n) is 27.7. The molecule has 1 amide bonds. The smallest absolute Gasteiger partial charge is 0.260 e. The Kier molecular flexibility index (Phi) is 10.2. The number of fused-ring (bicyclic) bond motifs is 1. The molecule has 0 radical (unpaired) electrons. The minimum Gasteiger partial charge on any atom is -0.497 e. The standard InChI is InChI=1S/C37H35F2N5O6/c1-46-26-11-8-23(32(17-26)48-3)20-44-21-30-34(37(44)45)36(43-35(42-30)33-28(38)5-4-6-29(33)39)41-24-9-13-25(14-10-24)49-15-16-50-27-12-7-22(19-40)31(18-27)47-2/h4-14,17-18H,15-16,19-21,40H2,1-3H3,(H,41,42,43). The van der Waals surface area contributed by atoms with Crippen molar-refractivity contribution in [2.24, 2.45) is 5.73 Å². The van der Waals surface area contributed by atoms with E-state index in [0.29, 0.717) is 46.7 Å². The number of amides is 1. The van der Waals surface area contributed by atoms with Crippen LogP contribution in [0.2, 0.25) is 0 Å². The fourth-order valence-corrected chi connectivity index (χ4v) is 5.56. The van der Waals surface area contributed by atoms with Gasteiger partial charge in [-0.1, -0.05) is 12.1 Å². The van der Waals surface area contributed by atoms with Gasteiger partial charge in [-0.15, -0.1) is 0 Å². The summed E-state index contributed by atoms with van der Waals surface area (Å²) in [6, 6.07) is 21.3. The molecule has 0 aliphatic carbocycles. The van der Waals surface area contributed by atoms with Crippen molar-refractivity contribution in [1.29, 1.82) is 0 Å². The Labute approximate surface area is 287 Å². The number of nitrogens with zero attached hydrogens (tertiary/aromatic N) is 3. The summed E-state index contributed by atoms with van der Waals surface area (Å²) in [5, 5.41) is 3.16. The number of carbonyl (C=O) groups is 1. The number of aromatic nitrogens is 2. The Bertz CT molecular complexity index is 1990. The second-order valence-electron chi connectivity index (χ2n) is 11.2. The summed E-state index contributed by atoms with van der Waals surface area (Å²) in [4.78, 5) is 24.3. The third-order valence-electron chi connectivity index (χ3n) is 8.08. The SMILES string of the molecule is COc1ccc(CN2Cc3nc(-c4c(F)cccc4F)nc(Nc4ccc(OCCOc5ccc(CN)c(OC)c5)cc4)c3C2=O)c(OC)c1. The summed E-state index contributed by atoms with van der Waals surface area (Å²) in [6.07, 6.45) is 0. The van der Waals surface area contributed by atoms with Gasteiger partial charge in [0.25, 0.3) is 5.91 Å². The predicted molar refractivity (Wildman–Crippen MR) is 182 cm³/mol. The van der Waals surface area contributed by atoms with E-state index in [9.17, 15) is 13.6 Å². The van der Waals surface area contributed by atoms with Crippen molar-refractivity contribution < 1.29 is 37.3 Å². The highest BCUT2D eigenvalue weighted by atomic mass is 19.1. The molecule has 0 unspecified atom stereocenters. The fraction of sp³-hybridized carbons (Fsp3) is 0.216. The molecular formula is C37H35F2N5O6. The van der Waals surface area contributed by atoms with Crippen molar-refractivity contribution in [3.8, 4) is 40.1 Å². The highest BCUT2D eigenvalue weighted by Crippen LogP contribution is 2.35. The number of ether oxygens (including phenoxy) is 5. The highest BCUT2D eigenvalue weighted by molar-refractivity contribution is 6.03. The molecule has 50 heavy (non-hydrogen) atoms. The number of nitrogens with one attached hydrogen (secondary N) is 1. The molecule has 13 heteroatoms. The number of carbonyl (C=O) groups excluding carboxylic acids is 1. The molecule has 2 heterocycles. The Morgan fingerprint density at radius 2 is 1.38 bits per heavy atom. The van der Waals surface area contributed by atoms with Gasteiger partial charge in [-0.2, -0.15) is 0 Å². The molecule has 1 aliphatic rings. The van der Waals surface area contributed by atoms with Gasteiger partial charge in [0.05, 0.1) is 45.7 Å². The van der Waals surface area contributed by atoms with Crippen LogP contribution in [0.4, 0.5) is 20.3 Å². The van der Waals surface area contributed by atoms with Crippen LogP contribution in [0.15, 0.2) is 78.9 Å². The Morgan fingerprint density at radius 1 is 0.760 bits per heavy atom. The van der Waals surface area contributed by atoms with Gasteiger partial charge < -0.3 is 39.6 Å². The lowest BCUT2D eigenvalue weighted by molar-refractivity contribution is 0.0765. The third kappa shape index (κ3) is 7.22. The van der Waals surface area contributed by atoms with E-state index in [1.54, 1.807) is 61.6 Å². The topological polar surface area (TPSA) is 130 Å². The predicted octanol–water partition coefficient (Wildman–Crippen LogP) is 6.26. The molecule has 1 aromatic heterocycles. The molecule has 0 saturated heterocycles. The summed E-state index contributed by atoms with van der Waals surface area (Å²) in [5.41, 5.74) is 8.05. The molecule has 4 aromatic carbocycles. The van der Waals surface area contributed by atoms with E-state index in [2.05, 4.69) is 15.3 Å². The lowest BCUT2D eigenvalue weighted by Crippen LogP contribution is -2.24. The van der Waals surface area contributed by atoms with Gasteiger partial charge in [0.1, 0.15) is 65.0 Å². The maximum atomic E-state index is 14.9. The van der Waals surface area contributed by atoms with E-state index >= 15 is 0 Å². The molecule has 0 bridgehead atoms. The summed E-state index contributed by atoms with van der Waals surface area (Å²) in [7, 11) is 4.66.